The van der Waals surface area contributed by atoms with E-state index < -0.39 is 0 Å². The first-order valence-electron chi connectivity index (χ1n) is 19.0. The summed E-state index contributed by atoms with van der Waals surface area (Å²) in [5.74, 6) is 0. The molecule has 2 aliphatic carbocycles. The number of para-hydroxylation sites is 1. The fraction of sp³-hybridized carbons (Fsp3) is 0.0385. The molecule has 8 aromatic carbocycles. The number of anilines is 2. The van der Waals surface area contributed by atoms with E-state index in [-0.39, 0.29) is 6.04 Å². The van der Waals surface area contributed by atoms with Gasteiger partial charge in [-0.05, 0) is 92.5 Å². The molecular formula is C52H34N2S. The lowest BCUT2D eigenvalue weighted by molar-refractivity contribution is 0.896. The SMILES string of the molecule is C1=CC2c3c4c(ccc5c4c4c(n(-c6cccc(-c7cccc8c7sc7c(-c9ccccc9)cccc78)c6)c6ccc1c3c46)=CC5)N2c1ccccc1.C=C. The summed E-state index contributed by atoms with van der Waals surface area (Å²) in [6.45, 7) is 6.00. The van der Waals surface area contributed by atoms with Gasteiger partial charge in [0.2, 0.25) is 0 Å². The van der Waals surface area contributed by atoms with Crippen molar-refractivity contribution in [3.05, 3.63) is 187 Å². The smallest absolute Gasteiger partial charge is 0.0792 e. The minimum Gasteiger partial charge on any atom is -0.330 e. The Morgan fingerprint density at radius 1 is 0.564 bits per heavy atom. The van der Waals surface area contributed by atoms with Gasteiger partial charge >= 0.3 is 0 Å². The Balaban J connectivity index is 0.00000165. The van der Waals surface area contributed by atoms with Crippen molar-refractivity contribution < 1.29 is 0 Å². The van der Waals surface area contributed by atoms with Gasteiger partial charge in [0.1, 0.15) is 0 Å². The predicted octanol–water partition coefficient (Wildman–Crippen LogP) is 13.7. The highest BCUT2D eigenvalue weighted by Gasteiger charge is 2.38. The van der Waals surface area contributed by atoms with Gasteiger partial charge in [0.15, 0.2) is 0 Å². The van der Waals surface area contributed by atoms with Crippen molar-refractivity contribution in [3.8, 4) is 27.9 Å². The fourth-order valence-electron chi connectivity index (χ4n) is 10.0. The van der Waals surface area contributed by atoms with E-state index >= 15 is 0 Å². The Kier molecular flexibility index (Phi) is 6.38. The summed E-state index contributed by atoms with van der Waals surface area (Å²) in [6.07, 6.45) is 8.19. The summed E-state index contributed by atoms with van der Waals surface area (Å²) in [6, 6.07) is 54.3. The van der Waals surface area contributed by atoms with Crippen LogP contribution < -0.4 is 10.2 Å². The van der Waals surface area contributed by atoms with Crippen molar-refractivity contribution in [1.29, 1.82) is 0 Å². The van der Waals surface area contributed by atoms with Gasteiger partial charge in [-0.25, -0.2) is 0 Å². The van der Waals surface area contributed by atoms with Gasteiger partial charge in [0.05, 0.1) is 22.6 Å². The molecule has 1 atom stereocenters. The number of aromatic nitrogens is 1. The minimum absolute atomic E-state index is 0.176. The van der Waals surface area contributed by atoms with Crippen LogP contribution in [0.4, 0.5) is 11.4 Å². The van der Waals surface area contributed by atoms with Crippen LogP contribution in [0.1, 0.15) is 22.7 Å². The minimum atomic E-state index is 0.176. The Morgan fingerprint density at radius 3 is 2.04 bits per heavy atom. The summed E-state index contributed by atoms with van der Waals surface area (Å²) in [5.41, 5.74) is 14.4. The van der Waals surface area contributed by atoms with Gasteiger partial charge in [-0.3, -0.25) is 0 Å². The third kappa shape index (κ3) is 4.03. The predicted molar refractivity (Wildman–Crippen MR) is 237 cm³/mol. The van der Waals surface area contributed by atoms with Crippen LogP contribution in [0.5, 0.6) is 0 Å². The lowest BCUT2D eigenvalue weighted by atomic mass is 9.83. The number of benzene rings is 8. The Labute approximate surface area is 322 Å². The van der Waals surface area contributed by atoms with E-state index in [0.29, 0.717) is 0 Å². The molecule has 0 N–H and O–H groups in total. The van der Waals surface area contributed by atoms with Crippen molar-refractivity contribution in [3.63, 3.8) is 0 Å². The fourth-order valence-corrected chi connectivity index (χ4v) is 11.4. The van der Waals surface area contributed by atoms with Gasteiger partial charge < -0.3 is 9.47 Å². The molecular weight excluding hydrogens is 685 g/mol. The summed E-state index contributed by atoms with van der Waals surface area (Å²) >= 11 is 1.92. The molecule has 0 saturated carbocycles. The van der Waals surface area contributed by atoms with Gasteiger partial charge in [0, 0.05) is 47.7 Å². The van der Waals surface area contributed by atoms with Crippen LogP contribution in [0.15, 0.2) is 165 Å². The van der Waals surface area contributed by atoms with Crippen LogP contribution in [0.3, 0.4) is 0 Å². The molecule has 10 aromatic rings. The standard InChI is InChI=1S/C50H30N2S.C2H4/c1-3-10-29(11-4-1)35-16-8-18-37-38-19-9-17-36(50(38)53-49(35)37)32-12-7-15-34(28-32)52-41-26-22-30-20-24-39-45-43(30)47(41)48-42(52)27-23-31-21-25-40(46(45)44(31)48)51(39)33-13-5-2-6-14-33;1-2/h1-22,24-28,39H,23H2;1-2H2. The molecule has 0 spiro atoms. The lowest BCUT2D eigenvalue weighted by Gasteiger charge is -2.28. The maximum Gasteiger partial charge on any atom is 0.0792 e. The third-order valence-corrected chi connectivity index (χ3v) is 13.4. The molecule has 3 heteroatoms. The van der Waals surface area contributed by atoms with Crippen LogP contribution in [0, 0.1) is 0 Å². The van der Waals surface area contributed by atoms with E-state index in [1.54, 1.807) is 0 Å². The van der Waals surface area contributed by atoms with E-state index in [4.69, 9.17) is 0 Å². The molecule has 13 rings (SSSR count). The van der Waals surface area contributed by atoms with Gasteiger partial charge in [-0.15, -0.1) is 24.5 Å². The van der Waals surface area contributed by atoms with E-state index in [1.165, 1.54) is 114 Å². The summed E-state index contributed by atoms with van der Waals surface area (Å²) in [4.78, 5) is 2.56. The topological polar surface area (TPSA) is 8.17 Å². The highest BCUT2D eigenvalue weighted by Crippen LogP contribution is 2.57. The van der Waals surface area contributed by atoms with Crippen LogP contribution in [-0.2, 0) is 6.42 Å². The highest BCUT2D eigenvalue weighted by atomic mass is 32.1. The van der Waals surface area contributed by atoms with Crippen molar-refractivity contribution >= 4 is 87.5 Å². The van der Waals surface area contributed by atoms with Crippen LogP contribution >= 0.6 is 11.3 Å². The molecule has 0 amide bonds. The molecule has 0 fully saturated rings. The maximum atomic E-state index is 3.00. The zero-order chi connectivity index (χ0) is 36.4. The van der Waals surface area contributed by atoms with Gasteiger partial charge in [-0.2, -0.15) is 0 Å². The number of hydrogen-bond acceptors (Lipinski definition) is 2. The zero-order valence-electron chi connectivity index (χ0n) is 30.1. The Morgan fingerprint density at radius 2 is 1.25 bits per heavy atom. The average Bonchev–Trinajstić information content (AvgIpc) is 3.93. The number of hydrogen-bond donors (Lipinski definition) is 0. The van der Waals surface area contributed by atoms with Gasteiger partial charge in [0.25, 0.3) is 0 Å². The Bertz CT molecular complexity index is 3330. The van der Waals surface area contributed by atoms with Crippen LogP contribution in [0.25, 0.3) is 92.7 Å². The molecule has 258 valence electrons. The summed E-state index contributed by atoms with van der Waals surface area (Å²) in [5, 5.41) is 11.1. The molecule has 1 unspecified atom stereocenters. The van der Waals surface area contributed by atoms with Gasteiger partial charge in [-0.1, -0.05) is 127 Å². The molecule has 0 bridgehead atoms. The van der Waals surface area contributed by atoms with Crippen molar-refractivity contribution in [2.75, 3.05) is 4.90 Å². The normalized spacial score (nSPS) is 14.8. The molecule has 0 saturated heterocycles. The number of thiophene rings is 1. The molecule has 2 aromatic heterocycles. The molecule has 3 heterocycles. The molecule has 3 aliphatic rings. The zero-order valence-corrected chi connectivity index (χ0v) is 30.9. The lowest BCUT2D eigenvalue weighted by Crippen LogP contribution is -2.18. The first-order valence-corrected chi connectivity index (χ1v) is 19.8. The van der Waals surface area contributed by atoms with E-state index in [1.807, 2.05) is 11.3 Å². The van der Waals surface area contributed by atoms with E-state index in [9.17, 15) is 0 Å². The second-order valence-corrected chi connectivity index (χ2v) is 15.7. The largest absolute Gasteiger partial charge is 0.330 e. The average molecular weight is 719 g/mol. The third-order valence-electron chi connectivity index (χ3n) is 12.1. The second kappa shape index (κ2) is 11.4. The van der Waals surface area contributed by atoms with Crippen molar-refractivity contribution in [1.82, 2.24) is 4.57 Å². The summed E-state index contributed by atoms with van der Waals surface area (Å²) in [7, 11) is 0. The second-order valence-electron chi connectivity index (χ2n) is 14.7. The first-order chi connectivity index (χ1) is 27.3. The monoisotopic (exact) mass is 718 g/mol. The number of nitrogens with zero attached hydrogens (tertiary/aromatic N) is 2. The number of fused-ring (bicyclic) bond motifs is 3. The van der Waals surface area contributed by atoms with E-state index in [2.05, 4.69) is 186 Å². The van der Waals surface area contributed by atoms with Crippen LogP contribution in [-0.4, -0.2) is 4.57 Å². The highest BCUT2D eigenvalue weighted by molar-refractivity contribution is 7.26. The first kappa shape index (κ1) is 30.7. The maximum absolute atomic E-state index is 3.00. The van der Waals surface area contributed by atoms with Crippen molar-refractivity contribution in [2.24, 2.45) is 0 Å². The van der Waals surface area contributed by atoms with Crippen molar-refractivity contribution in [2.45, 2.75) is 12.5 Å². The molecule has 1 aliphatic heterocycles. The molecule has 2 nitrogen and oxygen atoms in total. The van der Waals surface area contributed by atoms with E-state index in [0.717, 1.165) is 6.42 Å². The molecule has 0 radical (unpaired) electrons. The quantitative estimate of drug-likeness (QED) is 0.130. The number of rotatable bonds is 4. The molecule has 55 heavy (non-hydrogen) atoms. The summed E-state index contributed by atoms with van der Waals surface area (Å²) < 4.78 is 5.24. The Hall–Kier alpha value is -6.68. The van der Waals surface area contributed by atoms with Crippen LogP contribution in [0.2, 0.25) is 0 Å².